The Morgan fingerprint density at radius 2 is 1.65 bits per heavy atom. The first-order valence-corrected chi connectivity index (χ1v) is 5.90. The molecule has 2 rings (SSSR count). The summed E-state index contributed by atoms with van der Waals surface area (Å²) in [7, 11) is 0. The maximum Gasteiger partial charge on any atom is 0.269 e. The molecule has 2 N–H and O–H groups in total. The van der Waals surface area contributed by atoms with Crippen LogP contribution in [0.15, 0.2) is 42.5 Å². The van der Waals surface area contributed by atoms with Crippen LogP contribution >= 0.6 is 0 Å². The van der Waals surface area contributed by atoms with E-state index in [0.29, 0.717) is 12.0 Å². The quantitative estimate of drug-likeness (QED) is 0.690. The summed E-state index contributed by atoms with van der Waals surface area (Å²) in [5.74, 6) is -1.36. The zero-order valence-electron chi connectivity index (χ0n) is 10.4. The van der Waals surface area contributed by atoms with E-state index in [9.17, 15) is 18.9 Å². The van der Waals surface area contributed by atoms with Crippen LogP contribution in [0, 0.1) is 21.7 Å². The molecule has 2 aromatic carbocycles. The van der Waals surface area contributed by atoms with E-state index < -0.39 is 22.6 Å². The lowest BCUT2D eigenvalue weighted by molar-refractivity contribution is -0.384. The van der Waals surface area contributed by atoms with Crippen LogP contribution in [0.2, 0.25) is 0 Å². The SMILES string of the molecule is NC(Cc1ccc([N+](=O)[O-])cc1)c1cc(F)cc(F)c1. The van der Waals surface area contributed by atoms with Crippen LogP contribution < -0.4 is 5.73 Å². The maximum absolute atomic E-state index is 13.1. The summed E-state index contributed by atoms with van der Waals surface area (Å²) in [6.45, 7) is 0. The van der Waals surface area contributed by atoms with Gasteiger partial charge in [-0.25, -0.2) is 8.78 Å². The van der Waals surface area contributed by atoms with Gasteiger partial charge in [0.25, 0.3) is 5.69 Å². The van der Waals surface area contributed by atoms with Gasteiger partial charge in [0, 0.05) is 24.2 Å². The van der Waals surface area contributed by atoms with E-state index in [0.717, 1.165) is 11.6 Å². The summed E-state index contributed by atoms with van der Waals surface area (Å²) in [6.07, 6.45) is 0.334. The van der Waals surface area contributed by atoms with Crippen molar-refractivity contribution in [2.75, 3.05) is 0 Å². The summed E-state index contributed by atoms with van der Waals surface area (Å²) in [6, 6.07) is 8.45. The van der Waals surface area contributed by atoms with Crippen molar-refractivity contribution in [2.24, 2.45) is 5.73 Å². The summed E-state index contributed by atoms with van der Waals surface area (Å²) >= 11 is 0. The Kier molecular flexibility index (Phi) is 4.05. The van der Waals surface area contributed by atoms with Crippen molar-refractivity contribution in [2.45, 2.75) is 12.5 Å². The molecule has 1 unspecified atom stereocenters. The lowest BCUT2D eigenvalue weighted by Crippen LogP contribution is -2.14. The van der Waals surface area contributed by atoms with Crippen LogP contribution in [0.25, 0.3) is 0 Å². The largest absolute Gasteiger partial charge is 0.324 e. The molecule has 20 heavy (non-hydrogen) atoms. The van der Waals surface area contributed by atoms with Crippen LogP contribution in [0.3, 0.4) is 0 Å². The molecule has 0 fully saturated rings. The monoisotopic (exact) mass is 278 g/mol. The van der Waals surface area contributed by atoms with Gasteiger partial charge in [-0.1, -0.05) is 12.1 Å². The molecule has 0 bridgehead atoms. The number of halogens is 2. The third-order valence-electron chi connectivity index (χ3n) is 2.92. The molecular weight excluding hydrogens is 266 g/mol. The van der Waals surface area contributed by atoms with Crippen LogP contribution in [0.4, 0.5) is 14.5 Å². The van der Waals surface area contributed by atoms with Gasteiger partial charge < -0.3 is 5.73 Å². The van der Waals surface area contributed by atoms with Gasteiger partial charge in [0.15, 0.2) is 0 Å². The van der Waals surface area contributed by atoms with Crippen LogP contribution in [0.5, 0.6) is 0 Å². The minimum absolute atomic E-state index is 0.0147. The molecular formula is C14H12F2N2O2. The van der Waals surface area contributed by atoms with Crippen molar-refractivity contribution in [3.8, 4) is 0 Å². The van der Waals surface area contributed by atoms with Gasteiger partial charge >= 0.3 is 0 Å². The highest BCUT2D eigenvalue weighted by atomic mass is 19.1. The summed E-state index contributed by atoms with van der Waals surface area (Å²) < 4.78 is 26.2. The molecule has 0 saturated carbocycles. The fraction of sp³-hybridized carbons (Fsp3) is 0.143. The van der Waals surface area contributed by atoms with Gasteiger partial charge in [-0.3, -0.25) is 10.1 Å². The first-order chi connectivity index (χ1) is 9.45. The molecule has 104 valence electrons. The Morgan fingerprint density at radius 3 is 2.15 bits per heavy atom. The summed E-state index contributed by atoms with van der Waals surface area (Å²) in [4.78, 5) is 10.0. The van der Waals surface area contributed by atoms with E-state index in [4.69, 9.17) is 5.73 Å². The average Bonchev–Trinajstić information content (AvgIpc) is 2.38. The van der Waals surface area contributed by atoms with E-state index in [1.807, 2.05) is 0 Å². The summed E-state index contributed by atoms with van der Waals surface area (Å²) in [5.41, 5.74) is 6.99. The molecule has 0 aromatic heterocycles. The van der Waals surface area contributed by atoms with Gasteiger partial charge in [0.1, 0.15) is 11.6 Å². The normalized spacial score (nSPS) is 12.2. The highest BCUT2D eigenvalue weighted by Gasteiger charge is 2.11. The maximum atomic E-state index is 13.1. The van der Waals surface area contributed by atoms with Crippen molar-refractivity contribution in [1.82, 2.24) is 0 Å². The molecule has 0 saturated heterocycles. The van der Waals surface area contributed by atoms with Crippen LogP contribution in [0.1, 0.15) is 17.2 Å². The Bertz CT molecular complexity index is 609. The first kappa shape index (κ1) is 14.1. The fourth-order valence-corrected chi connectivity index (χ4v) is 1.91. The number of nitro groups is 1. The number of hydrogen-bond donors (Lipinski definition) is 1. The minimum Gasteiger partial charge on any atom is -0.324 e. The molecule has 1 atom stereocenters. The topological polar surface area (TPSA) is 69.2 Å². The van der Waals surface area contributed by atoms with E-state index in [1.165, 1.54) is 24.3 Å². The number of hydrogen-bond acceptors (Lipinski definition) is 3. The molecule has 2 aromatic rings. The van der Waals surface area contributed by atoms with Gasteiger partial charge in [0.2, 0.25) is 0 Å². The minimum atomic E-state index is -0.681. The van der Waals surface area contributed by atoms with Gasteiger partial charge in [0.05, 0.1) is 4.92 Å². The standard InChI is InChI=1S/C14H12F2N2O2/c15-11-6-10(7-12(16)8-11)14(17)5-9-1-3-13(4-2-9)18(19)20/h1-4,6-8,14H,5,17H2. The third-order valence-corrected chi connectivity index (χ3v) is 2.92. The Labute approximate surface area is 114 Å². The lowest BCUT2D eigenvalue weighted by atomic mass is 9.99. The van der Waals surface area contributed by atoms with Crippen molar-refractivity contribution < 1.29 is 13.7 Å². The predicted octanol–water partition coefficient (Wildman–Crippen LogP) is 3.12. The second-order valence-corrected chi connectivity index (χ2v) is 4.44. The third kappa shape index (κ3) is 3.36. The molecule has 4 nitrogen and oxygen atoms in total. The highest BCUT2D eigenvalue weighted by Crippen LogP contribution is 2.20. The Balaban J connectivity index is 2.14. The molecule has 0 heterocycles. The van der Waals surface area contributed by atoms with Crippen LogP contribution in [-0.2, 0) is 6.42 Å². The highest BCUT2D eigenvalue weighted by molar-refractivity contribution is 5.34. The van der Waals surface area contributed by atoms with Crippen molar-refractivity contribution >= 4 is 5.69 Å². The zero-order chi connectivity index (χ0) is 14.7. The number of nitrogens with zero attached hydrogens (tertiary/aromatic N) is 1. The van der Waals surface area contributed by atoms with E-state index >= 15 is 0 Å². The predicted molar refractivity (Wildman–Crippen MR) is 70.1 cm³/mol. The van der Waals surface area contributed by atoms with Crippen molar-refractivity contribution in [1.29, 1.82) is 0 Å². The van der Waals surface area contributed by atoms with Crippen molar-refractivity contribution in [3.05, 3.63) is 75.3 Å². The molecule has 0 amide bonds. The number of nitrogens with two attached hydrogens (primary N) is 1. The van der Waals surface area contributed by atoms with E-state index in [-0.39, 0.29) is 5.69 Å². The van der Waals surface area contributed by atoms with Crippen molar-refractivity contribution in [3.63, 3.8) is 0 Å². The fourth-order valence-electron chi connectivity index (χ4n) is 1.91. The summed E-state index contributed by atoms with van der Waals surface area (Å²) in [5, 5.41) is 10.5. The molecule has 0 aliphatic heterocycles. The molecule has 0 spiro atoms. The molecule has 0 radical (unpaired) electrons. The first-order valence-electron chi connectivity index (χ1n) is 5.90. The van der Waals surface area contributed by atoms with Crippen LogP contribution in [-0.4, -0.2) is 4.92 Å². The smallest absolute Gasteiger partial charge is 0.269 e. The number of rotatable bonds is 4. The number of benzene rings is 2. The zero-order valence-corrected chi connectivity index (χ0v) is 10.4. The second kappa shape index (κ2) is 5.75. The molecule has 0 aliphatic rings. The second-order valence-electron chi connectivity index (χ2n) is 4.44. The van der Waals surface area contributed by atoms with Gasteiger partial charge in [-0.05, 0) is 29.7 Å². The molecule has 6 heteroatoms. The van der Waals surface area contributed by atoms with E-state index in [2.05, 4.69) is 0 Å². The Hall–Kier alpha value is -2.34. The van der Waals surface area contributed by atoms with Gasteiger partial charge in [-0.2, -0.15) is 0 Å². The lowest BCUT2D eigenvalue weighted by Gasteiger charge is -2.12. The van der Waals surface area contributed by atoms with E-state index in [1.54, 1.807) is 12.1 Å². The average molecular weight is 278 g/mol. The number of nitro benzene ring substituents is 1. The van der Waals surface area contributed by atoms with Gasteiger partial charge in [-0.15, -0.1) is 0 Å². The number of non-ortho nitro benzene ring substituents is 1. The molecule has 0 aliphatic carbocycles. The Morgan fingerprint density at radius 1 is 1.10 bits per heavy atom.